The summed E-state index contributed by atoms with van der Waals surface area (Å²) in [5.41, 5.74) is 1.01. The van der Waals surface area contributed by atoms with Gasteiger partial charge in [-0.2, -0.15) is 0 Å². The van der Waals surface area contributed by atoms with Crippen LogP contribution in [0.25, 0.3) is 10.2 Å². The van der Waals surface area contributed by atoms with Crippen molar-refractivity contribution < 1.29 is 9.90 Å². The van der Waals surface area contributed by atoms with Crippen molar-refractivity contribution in [2.45, 2.75) is 31.7 Å². The third-order valence-corrected chi connectivity index (χ3v) is 4.90. The molecule has 0 bridgehead atoms. The average molecular weight is 290 g/mol. The number of benzene rings is 1. The van der Waals surface area contributed by atoms with Crippen LogP contribution >= 0.6 is 11.3 Å². The van der Waals surface area contributed by atoms with Gasteiger partial charge in [-0.15, -0.1) is 11.3 Å². The fourth-order valence-electron chi connectivity index (χ4n) is 2.74. The number of thiazole rings is 1. The predicted octanol–water partition coefficient (Wildman–Crippen LogP) is 2.21. The lowest BCUT2D eigenvalue weighted by Gasteiger charge is -2.22. The summed E-state index contributed by atoms with van der Waals surface area (Å²) in [6.07, 6.45) is 3.09. The highest BCUT2D eigenvalue weighted by molar-refractivity contribution is 7.18. The number of aryl methyl sites for hydroxylation is 1. The maximum Gasteiger partial charge on any atom is 0.223 e. The number of rotatable bonds is 4. The Bertz CT molecular complexity index is 578. The molecule has 106 valence electrons. The summed E-state index contributed by atoms with van der Waals surface area (Å²) in [5, 5.41) is 10.3. The fraction of sp³-hybridized carbons (Fsp3) is 0.467. The minimum Gasteiger partial charge on any atom is -0.394 e. The summed E-state index contributed by atoms with van der Waals surface area (Å²) in [4.78, 5) is 18.6. The van der Waals surface area contributed by atoms with Crippen LogP contribution in [-0.2, 0) is 11.2 Å². The van der Waals surface area contributed by atoms with Crippen molar-refractivity contribution in [3.63, 3.8) is 0 Å². The molecule has 1 fully saturated rings. The molecule has 0 saturated carbocycles. The van der Waals surface area contributed by atoms with Crippen molar-refractivity contribution in [1.29, 1.82) is 0 Å². The highest BCUT2D eigenvalue weighted by Crippen LogP contribution is 2.23. The number of hydrogen-bond donors (Lipinski definition) is 1. The van der Waals surface area contributed by atoms with Crippen LogP contribution in [0.5, 0.6) is 0 Å². The Morgan fingerprint density at radius 3 is 3.10 bits per heavy atom. The molecule has 1 aliphatic rings. The number of aliphatic hydroxyl groups is 1. The Hall–Kier alpha value is -1.46. The molecule has 1 N–H and O–H groups in total. The largest absolute Gasteiger partial charge is 0.394 e. The molecule has 0 unspecified atom stereocenters. The number of amides is 1. The second kappa shape index (κ2) is 5.89. The minimum atomic E-state index is 0.0258. The molecule has 1 aromatic carbocycles. The summed E-state index contributed by atoms with van der Waals surface area (Å²) in [7, 11) is 0. The van der Waals surface area contributed by atoms with E-state index in [2.05, 4.69) is 11.1 Å². The molecule has 1 aliphatic heterocycles. The van der Waals surface area contributed by atoms with Crippen molar-refractivity contribution in [1.82, 2.24) is 9.88 Å². The monoisotopic (exact) mass is 290 g/mol. The Labute approximate surface area is 122 Å². The van der Waals surface area contributed by atoms with Gasteiger partial charge in [-0.3, -0.25) is 4.79 Å². The van der Waals surface area contributed by atoms with E-state index in [0.717, 1.165) is 29.9 Å². The summed E-state index contributed by atoms with van der Waals surface area (Å²) in [5.74, 6) is 0.140. The summed E-state index contributed by atoms with van der Waals surface area (Å²) < 4.78 is 1.17. The van der Waals surface area contributed by atoms with Crippen LogP contribution in [0.3, 0.4) is 0 Å². The number of aliphatic hydroxyl groups excluding tert-OH is 1. The van der Waals surface area contributed by atoms with E-state index in [0.29, 0.717) is 12.8 Å². The zero-order valence-corrected chi connectivity index (χ0v) is 12.1. The van der Waals surface area contributed by atoms with Crippen LogP contribution in [-0.4, -0.2) is 40.1 Å². The first kappa shape index (κ1) is 13.5. The number of para-hydroxylation sites is 1. The van der Waals surface area contributed by atoms with Crippen molar-refractivity contribution in [3.8, 4) is 0 Å². The highest BCUT2D eigenvalue weighted by atomic mass is 32.1. The van der Waals surface area contributed by atoms with Crippen molar-refractivity contribution in [3.05, 3.63) is 29.3 Å². The van der Waals surface area contributed by atoms with E-state index in [-0.39, 0.29) is 18.6 Å². The van der Waals surface area contributed by atoms with E-state index in [1.807, 2.05) is 23.1 Å². The quantitative estimate of drug-likeness (QED) is 0.939. The summed E-state index contributed by atoms with van der Waals surface area (Å²) in [6, 6.07) is 8.07. The van der Waals surface area contributed by atoms with Gasteiger partial charge in [0.1, 0.15) is 0 Å². The number of carbonyl (C=O) groups is 1. The van der Waals surface area contributed by atoms with Gasteiger partial charge in [-0.05, 0) is 25.0 Å². The number of hydrogen-bond acceptors (Lipinski definition) is 4. The molecule has 20 heavy (non-hydrogen) atoms. The van der Waals surface area contributed by atoms with E-state index in [1.54, 1.807) is 11.3 Å². The van der Waals surface area contributed by atoms with Gasteiger partial charge in [0.2, 0.25) is 5.91 Å². The molecule has 1 amide bonds. The summed E-state index contributed by atoms with van der Waals surface area (Å²) >= 11 is 1.66. The van der Waals surface area contributed by atoms with Gasteiger partial charge in [-0.25, -0.2) is 4.98 Å². The highest BCUT2D eigenvalue weighted by Gasteiger charge is 2.27. The van der Waals surface area contributed by atoms with E-state index in [4.69, 9.17) is 0 Å². The third kappa shape index (κ3) is 2.69. The Kier molecular flexibility index (Phi) is 3.98. The van der Waals surface area contributed by atoms with Crippen LogP contribution < -0.4 is 0 Å². The number of carbonyl (C=O) groups excluding carboxylic acids is 1. The van der Waals surface area contributed by atoms with E-state index >= 15 is 0 Å². The zero-order valence-electron chi connectivity index (χ0n) is 11.3. The zero-order chi connectivity index (χ0) is 13.9. The molecular weight excluding hydrogens is 272 g/mol. The Balaban J connectivity index is 1.62. The molecule has 0 spiro atoms. The van der Waals surface area contributed by atoms with Crippen molar-refractivity contribution >= 4 is 27.5 Å². The maximum atomic E-state index is 12.2. The molecule has 5 heteroatoms. The van der Waals surface area contributed by atoms with E-state index < -0.39 is 0 Å². The van der Waals surface area contributed by atoms with Gasteiger partial charge < -0.3 is 10.0 Å². The molecule has 4 nitrogen and oxygen atoms in total. The number of nitrogens with zero attached hydrogens (tertiary/aromatic N) is 2. The number of fused-ring (bicyclic) bond motifs is 1. The van der Waals surface area contributed by atoms with Crippen LogP contribution in [0.2, 0.25) is 0 Å². The lowest BCUT2D eigenvalue weighted by atomic mass is 10.2. The van der Waals surface area contributed by atoms with Gasteiger partial charge in [0.15, 0.2) is 0 Å². The molecule has 1 saturated heterocycles. The fourth-order valence-corrected chi connectivity index (χ4v) is 3.71. The van der Waals surface area contributed by atoms with Gasteiger partial charge in [0, 0.05) is 19.4 Å². The lowest BCUT2D eigenvalue weighted by molar-refractivity contribution is -0.132. The Morgan fingerprint density at radius 1 is 1.45 bits per heavy atom. The van der Waals surface area contributed by atoms with Crippen LogP contribution in [0.1, 0.15) is 24.3 Å². The first-order valence-corrected chi connectivity index (χ1v) is 7.84. The molecular formula is C15H18N2O2S. The van der Waals surface area contributed by atoms with Gasteiger partial charge in [0.05, 0.1) is 27.9 Å². The van der Waals surface area contributed by atoms with Crippen molar-refractivity contribution in [2.75, 3.05) is 13.2 Å². The molecule has 1 atom stereocenters. The normalized spacial score (nSPS) is 18.9. The standard InChI is InChI=1S/C15H18N2O2S/c18-10-11-4-3-9-17(11)15(19)8-7-14-16-12-5-1-2-6-13(12)20-14/h1-2,5-6,11,18H,3-4,7-10H2/t11-/m0/s1. The first-order chi connectivity index (χ1) is 9.78. The topological polar surface area (TPSA) is 53.4 Å². The minimum absolute atomic E-state index is 0.0258. The van der Waals surface area contributed by atoms with Crippen molar-refractivity contribution in [2.24, 2.45) is 0 Å². The second-order valence-corrected chi connectivity index (χ2v) is 6.26. The molecule has 1 aromatic heterocycles. The van der Waals surface area contributed by atoms with Gasteiger partial charge in [0.25, 0.3) is 0 Å². The Morgan fingerprint density at radius 2 is 2.30 bits per heavy atom. The SMILES string of the molecule is O=C(CCc1nc2ccccc2s1)N1CCC[C@H]1CO. The lowest BCUT2D eigenvalue weighted by Crippen LogP contribution is -2.37. The molecule has 3 rings (SSSR count). The van der Waals surface area contributed by atoms with Crippen LogP contribution in [0, 0.1) is 0 Å². The number of aromatic nitrogens is 1. The average Bonchev–Trinajstić information content (AvgIpc) is 3.10. The molecule has 0 aliphatic carbocycles. The first-order valence-electron chi connectivity index (χ1n) is 7.02. The summed E-state index contributed by atoms with van der Waals surface area (Å²) in [6.45, 7) is 0.858. The predicted molar refractivity (Wildman–Crippen MR) is 79.8 cm³/mol. The second-order valence-electron chi connectivity index (χ2n) is 5.14. The molecule has 2 heterocycles. The maximum absolute atomic E-state index is 12.2. The van der Waals surface area contributed by atoms with E-state index in [1.165, 1.54) is 4.70 Å². The number of likely N-dealkylation sites (tertiary alicyclic amines) is 1. The van der Waals surface area contributed by atoms with Gasteiger partial charge >= 0.3 is 0 Å². The molecule has 0 radical (unpaired) electrons. The van der Waals surface area contributed by atoms with E-state index in [9.17, 15) is 9.90 Å². The smallest absolute Gasteiger partial charge is 0.223 e. The van der Waals surface area contributed by atoms with Gasteiger partial charge in [-0.1, -0.05) is 12.1 Å². The van der Waals surface area contributed by atoms with Crippen LogP contribution in [0.15, 0.2) is 24.3 Å². The molecule has 2 aromatic rings. The van der Waals surface area contributed by atoms with Crippen LogP contribution in [0.4, 0.5) is 0 Å². The third-order valence-electron chi connectivity index (χ3n) is 3.80.